The lowest BCUT2D eigenvalue weighted by Crippen LogP contribution is -2.51. The molecule has 0 unspecified atom stereocenters. The van der Waals surface area contributed by atoms with Crippen LogP contribution < -0.4 is 15.8 Å². The zero-order chi connectivity index (χ0) is 34.2. The molecule has 4 N–H and O–H groups in total. The highest BCUT2D eigenvalue weighted by molar-refractivity contribution is 6.31. The predicted molar refractivity (Wildman–Crippen MR) is 183 cm³/mol. The van der Waals surface area contributed by atoms with Crippen LogP contribution in [0.4, 0.5) is 10.1 Å². The van der Waals surface area contributed by atoms with E-state index in [2.05, 4.69) is 5.32 Å². The minimum absolute atomic E-state index is 0.0850. The molecule has 0 aliphatic carbocycles. The van der Waals surface area contributed by atoms with Gasteiger partial charge in [-0.25, -0.2) is 9.18 Å². The predicted octanol–water partition coefficient (Wildman–Crippen LogP) is 6.97. The SMILES string of the molecule is CCOC(=O)c1ccc([C@H](O)C[C@H]2[C@@H](N)[C@H](c3cccc(Cl)c3F)[C@]3(C(=O)Nc4cc(Cl)ccc43)N2Cc2cccc(OCC)c2)cc1. The van der Waals surface area contributed by atoms with Crippen molar-refractivity contribution in [1.29, 1.82) is 0 Å². The first-order valence-corrected chi connectivity index (χ1v) is 16.6. The van der Waals surface area contributed by atoms with Gasteiger partial charge in [-0.1, -0.05) is 65.7 Å². The molecule has 1 saturated heterocycles. The lowest BCUT2D eigenvalue weighted by molar-refractivity contribution is -0.128. The number of halogens is 3. The second kappa shape index (κ2) is 13.9. The Morgan fingerprint density at radius 2 is 1.79 bits per heavy atom. The second-order valence-corrected chi connectivity index (χ2v) is 12.8. The van der Waals surface area contributed by atoms with Gasteiger partial charge in [0.25, 0.3) is 0 Å². The summed E-state index contributed by atoms with van der Waals surface area (Å²) < 4.78 is 26.9. The minimum atomic E-state index is -1.51. The highest BCUT2D eigenvalue weighted by atomic mass is 35.5. The molecule has 0 saturated carbocycles. The fraction of sp³-hybridized carbons (Fsp3) is 0.297. The zero-order valence-corrected chi connectivity index (χ0v) is 28.0. The third kappa shape index (κ3) is 5.95. The summed E-state index contributed by atoms with van der Waals surface area (Å²) in [5, 5.41) is 15.0. The van der Waals surface area contributed by atoms with E-state index in [0.717, 1.165) is 5.56 Å². The third-order valence-corrected chi connectivity index (χ3v) is 9.80. The van der Waals surface area contributed by atoms with Crippen molar-refractivity contribution in [2.24, 2.45) is 5.73 Å². The first-order chi connectivity index (χ1) is 23.1. The fourth-order valence-corrected chi connectivity index (χ4v) is 7.63. The number of ether oxygens (including phenoxy) is 2. The van der Waals surface area contributed by atoms with Crippen LogP contribution >= 0.6 is 23.2 Å². The van der Waals surface area contributed by atoms with Crippen LogP contribution in [0.5, 0.6) is 5.75 Å². The molecule has 2 aliphatic heterocycles. The molecule has 48 heavy (non-hydrogen) atoms. The summed E-state index contributed by atoms with van der Waals surface area (Å²) in [6.07, 6.45) is -0.967. The number of carbonyl (C=O) groups is 2. The molecule has 0 radical (unpaired) electrons. The highest BCUT2D eigenvalue weighted by Crippen LogP contribution is 2.58. The van der Waals surface area contributed by atoms with Crippen LogP contribution in [0.15, 0.2) is 84.9 Å². The third-order valence-electron chi connectivity index (χ3n) is 9.27. The monoisotopic (exact) mass is 691 g/mol. The molecule has 11 heteroatoms. The van der Waals surface area contributed by atoms with Gasteiger partial charge >= 0.3 is 5.97 Å². The maximum absolute atomic E-state index is 16.1. The van der Waals surface area contributed by atoms with Crippen LogP contribution in [-0.2, 0) is 21.6 Å². The summed E-state index contributed by atoms with van der Waals surface area (Å²) in [6.45, 7) is 4.55. The number of nitrogens with two attached hydrogens (primary N) is 1. The first kappa shape index (κ1) is 33.9. The number of likely N-dealkylation sites (tertiary alicyclic amines) is 1. The van der Waals surface area contributed by atoms with Crippen LogP contribution in [0.1, 0.15) is 64.9 Å². The van der Waals surface area contributed by atoms with Gasteiger partial charge in [-0.15, -0.1) is 0 Å². The van der Waals surface area contributed by atoms with Crippen LogP contribution in [0.25, 0.3) is 0 Å². The van der Waals surface area contributed by atoms with Crippen LogP contribution in [0.3, 0.4) is 0 Å². The number of nitrogens with one attached hydrogen (secondary N) is 1. The van der Waals surface area contributed by atoms with E-state index in [1.807, 2.05) is 36.1 Å². The van der Waals surface area contributed by atoms with Crippen molar-refractivity contribution >= 4 is 40.8 Å². The number of aliphatic hydroxyl groups excluding tert-OH is 1. The summed E-state index contributed by atoms with van der Waals surface area (Å²) in [5.41, 5.74) is 8.67. The Morgan fingerprint density at radius 1 is 1.04 bits per heavy atom. The van der Waals surface area contributed by atoms with Gasteiger partial charge in [-0.3, -0.25) is 9.69 Å². The Kier molecular flexibility index (Phi) is 9.79. The van der Waals surface area contributed by atoms with E-state index in [1.54, 1.807) is 61.5 Å². The van der Waals surface area contributed by atoms with E-state index in [4.69, 9.17) is 38.4 Å². The van der Waals surface area contributed by atoms with E-state index < -0.39 is 47.3 Å². The van der Waals surface area contributed by atoms with Crippen molar-refractivity contribution in [2.45, 2.75) is 56.5 Å². The van der Waals surface area contributed by atoms with Crippen molar-refractivity contribution in [2.75, 3.05) is 18.5 Å². The average molecular weight is 693 g/mol. The summed E-state index contributed by atoms with van der Waals surface area (Å²) in [7, 11) is 0. The van der Waals surface area contributed by atoms with Gasteiger partial charge in [-0.05, 0) is 79.4 Å². The van der Waals surface area contributed by atoms with Gasteiger partial charge in [-0.2, -0.15) is 0 Å². The molecule has 4 aromatic rings. The number of nitrogens with zero attached hydrogens (tertiary/aromatic N) is 1. The van der Waals surface area contributed by atoms with Crippen LogP contribution in [0.2, 0.25) is 10.0 Å². The van der Waals surface area contributed by atoms with Gasteiger partial charge in [0.15, 0.2) is 0 Å². The van der Waals surface area contributed by atoms with Gasteiger partial charge in [0.1, 0.15) is 17.1 Å². The molecule has 4 aromatic carbocycles. The summed E-state index contributed by atoms with van der Waals surface area (Å²) in [4.78, 5) is 28.8. The van der Waals surface area contributed by atoms with Crippen molar-refractivity contribution in [3.63, 3.8) is 0 Å². The van der Waals surface area contributed by atoms with Crippen LogP contribution in [0, 0.1) is 5.82 Å². The number of benzene rings is 4. The topological polar surface area (TPSA) is 114 Å². The lowest BCUT2D eigenvalue weighted by Gasteiger charge is -2.40. The average Bonchev–Trinajstić information content (AvgIpc) is 3.48. The minimum Gasteiger partial charge on any atom is -0.494 e. The Labute approximate surface area is 288 Å². The molecule has 0 bridgehead atoms. The fourth-order valence-electron chi connectivity index (χ4n) is 7.27. The molecule has 2 heterocycles. The van der Waals surface area contributed by atoms with Crippen molar-refractivity contribution < 1.29 is 28.6 Å². The largest absolute Gasteiger partial charge is 0.494 e. The highest BCUT2D eigenvalue weighted by Gasteiger charge is 2.66. The molecule has 1 amide bonds. The van der Waals surface area contributed by atoms with Gasteiger partial charge in [0, 0.05) is 40.8 Å². The number of aliphatic hydroxyl groups is 1. The standard InChI is InChI=1S/C37H36Cl2FN3O5/c1-3-47-25-8-5-7-21(17-25)20-43-30(19-31(44)22-11-13-23(14-12-22)35(45)48-4-2)34(41)32(26-9-6-10-28(39)33(26)40)37(43)27-16-15-24(38)18-29(27)42-36(37)46/h5-18,30-32,34,44H,3-4,19-20,41H2,1-2H3,(H,42,46)/t30-,31+,32-,34+,37+/m0/s1. The molecular weight excluding hydrogens is 656 g/mol. The second-order valence-electron chi connectivity index (χ2n) is 12.0. The molecule has 8 nitrogen and oxygen atoms in total. The number of hydrogen-bond donors (Lipinski definition) is 3. The van der Waals surface area contributed by atoms with Crippen LogP contribution in [-0.4, -0.2) is 47.2 Å². The molecular formula is C37H36Cl2FN3O5. The number of amides is 1. The zero-order valence-electron chi connectivity index (χ0n) is 26.5. The number of fused-ring (bicyclic) bond motifs is 2. The summed E-state index contributed by atoms with van der Waals surface area (Å²) in [5.74, 6) is -1.78. The quantitative estimate of drug-likeness (QED) is 0.154. The molecule has 1 fully saturated rings. The molecule has 250 valence electrons. The van der Waals surface area contributed by atoms with E-state index in [9.17, 15) is 14.7 Å². The van der Waals surface area contributed by atoms with E-state index in [0.29, 0.717) is 39.8 Å². The molecule has 5 atom stereocenters. The Bertz CT molecular complexity index is 1840. The van der Waals surface area contributed by atoms with Gasteiger partial charge < -0.3 is 25.6 Å². The van der Waals surface area contributed by atoms with Crippen molar-refractivity contribution in [1.82, 2.24) is 4.90 Å². The van der Waals surface area contributed by atoms with E-state index >= 15 is 4.39 Å². The smallest absolute Gasteiger partial charge is 0.338 e. The molecule has 0 aromatic heterocycles. The lowest BCUT2D eigenvalue weighted by atomic mass is 9.73. The summed E-state index contributed by atoms with van der Waals surface area (Å²) >= 11 is 12.7. The Hall–Kier alpha value is -3.99. The number of rotatable bonds is 10. The molecule has 2 aliphatic rings. The number of anilines is 1. The maximum atomic E-state index is 16.1. The maximum Gasteiger partial charge on any atom is 0.338 e. The summed E-state index contributed by atoms with van der Waals surface area (Å²) in [6, 6.07) is 22.4. The molecule has 6 rings (SSSR count). The number of hydrogen-bond acceptors (Lipinski definition) is 7. The number of carbonyl (C=O) groups excluding carboxylic acids is 2. The first-order valence-electron chi connectivity index (χ1n) is 15.8. The van der Waals surface area contributed by atoms with E-state index in [1.165, 1.54) is 6.07 Å². The van der Waals surface area contributed by atoms with Crippen molar-refractivity contribution in [3.05, 3.63) is 129 Å². The van der Waals surface area contributed by atoms with Gasteiger partial charge in [0.05, 0.1) is 29.9 Å². The Morgan fingerprint density at radius 3 is 2.52 bits per heavy atom. The van der Waals surface area contributed by atoms with Gasteiger partial charge in [0.2, 0.25) is 5.91 Å². The van der Waals surface area contributed by atoms with E-state index in [-0.39, 0.29) is 30.2 Å². The number of esters is 1. The van der Waals surface area contributed by atoms with Crippen molar-refractivity contribution in [3.8, 4) is 5.75 Å². The molecule has 1 spiro atoms. The normalized spacial score (nSPS) is 22.4. The Balaban J connectivity index is 1.51.